The normalized spacial score (nSPS) is 18.7. The third kappa shape index (κ3) is 1.70. The van der Waals surface area contributed by atoms with Gasteiger partial charge >= 0.3 is 5.97 Å². The second-order valence-corrected chi connectivity index (χ2v) is 2.97. The smallest absolute Gasteiger partial charge is 0.348 e. The van der Waals surface area contributed by atoms with Crippen molar-refractivity contribution in [2.45, 2.75) is 6.10 Å². The van der Waals surface area contributed by atoms with Crippen LogP contribution in [-0.2, 0) is 4.79 Å². The van der Waals surface area contributed by atoms with Crippen molar-refractivity contribution in [3.05, 3.63) is 23.8 Å². The maximum atomic E-state index is 12.8. The molecule has 1 aliphatic heterocycles. The Morgan fingerprint density at radius 2 is 1.93 bits per heavy atom. The first kappa shape index (κ1) is 9.70. The first-order chi connectivity index (χ1) is 7.08. The minimum absolute atomic E-state index is 0.00593. The standard InChI is InChI=1S/C9H6F2O4/c10-4-1-6-7(2-5(4)11)15-8(3-14-6)9(12)13/h1-2,8H,3H2,(H,12,13). The number of halogens is 2. The predicted molar refractivity (Wildman–Crippen MR) is 43.9 cm³/mol. The molecule has 0 bridgehead atoms. The van der Waals surface area contributed by atoms with Gasteiger partial charge in [0.05, 0.1) is 0 Å². The minimum Gasteiger partial charge on any atom is -0.485 e. The van der Waals surface area contributed by atoms with E-state index in [1.54, 1.807) is 0 Å². The van der Waals surface area contributed by atoms with Gasteiger partial charge in [-0.3, -0.25) is 0 Å². The molecule has 1 aromatic rings. The number of aliphatic carboxylic acids is 1. The second-order valence-electron chi connectivity index (χ2n) is 2.97. The molecular weight excluding hydrogens is 210 g/mol. The van der Waals surface area contributed by atoms with Crippen LogP contribution in [0.4, 0.5) is 8.78 Å². The van der Waals surface area contributed by atoms with Crippen LogP contribution >= 0.6 is 0 Å². The number of ether oxygens (including phenoxy) is 2. The molecule has 1 N–H and O–H groups in total. The Balaban J connectivity index is 2.34. The SMILES string of the molecule is O=C(O)C1COc2cc(F)c(F)cc2O1. The number of carboxylic acid groups (broad SMARTS) is 1. The number of hydrogen-bond acceptors (Lipinski definition) is 3. The molecule has 0 saturated carbocycles. The van der Waals surface area contributed by atoms with Crippen molar-refractivity contribution in [3.63, 3.8) is 0 Å². The molecule has 0 aromatic heterocycles. The number of fused-ring (bicyclic) bond motifs is 1. The molecule has 4 nitrogen and oxygen atoms in total. The number of carbonyl (C=O) groups is 1. The Bertz CT molecular complexity index is 419. The van der Waals surface area contributed by atoms with E-state index in [1.807, 2.05) is 0 Å². The maximum Gasteiger partial charge on any atom is 0.348 e. The molecule has 0 amide bonds. The molecule has 80 valence electrons. The van der Waals surface area contributed by atoms with Crippen LogP contribution in [-0.4, -0.2) is 23.8 Å². The van der Waals surface area contributed by atoms with Gasteiger partial charge in [-0.25, -0.2) is 13.6 Å². The van der Waals surface area contributed by atoms with Crippen LogP contribution in [0.2, 0.25) is 0 Å². The van der Waals surface area contributed by atoms with Crippen molar-refractivity contribution in [2.75, 3.05) is 6.61 Å². The van der Waals surface area contributed by atoms with Crippen molar-refractivity contribution < 1.29 is 28.2 Å². The summed E-state index contributed by atoms with van der Waals surface area (Å²) in [5.74, 6) is -3.49. The van der Waals surface area contributed by atoms with Crippen LogP contribution in [0, 0.1) is 11.6 Å². The highest BCUT2D eigenvalue weighted by atomic mass is 19.2. The molecule has 1 aliphatic rings. The van der Waals surface area contributed by atoms with E-state index in [4.69, 9.17) is 14.6 Å². The number of carboxylic acids is 1. The van der Waals surface area contributed by atoms with Gasteiger partial charge in [0.2, 0.25) is 6.10 Å². The third-order valence-electron chi connectivity index (χ3n) is 1.92. The fourth-order valence-corrected chi connectivity index (χ4v) is 1.19. The van der Waals surface area contributed by atoms with E-state index in [0.29, 0.717) is 0 Å². The minimum atomic E-state index is -1.22. The van der Waals surface area contributed by atoms with Crippen LogP contribution in [0.5, 0.6) is 11.5 Å². The monoisotopic (exact) mass is 216 g/mol. The van der Waals surface area contributed by atoms with E-state index in [2.05, 4.69) is 0 Å². The van der Waals surface area contributed by atoms with Gasteiger partial charge in [0.25, 0.3) is 0 Å². The molecule has 1 aromatic carbocycles. The Morgan fingerprint density at radius 1 is 1.33 bits per heavy atom. The van der Waals surface area contributed by atoms with Gasteiger partial charge in [0.15, 0.2) is 23.1 Å². The number of rotatable bonds is 1. The summed E-state index contributed by atoms with van der Waals surface area (Å²) in [4.78, 5) is 10.5. The highest BCUT2D eigenvalue weighted by molar-refractivity contribution is 5.73. The summed E-state index contributed by atoms with van der Waals surface area (Å²) in [7, 11) is 0. The summed E-state index contributed by atoms with van der Waals surface area (Å²) in [5, 5.41) is 8.61. The Morgan fingerprint density at radius 3 is 2.53 bits per heavy atom. The van der Waals surface area contributed by atoms with Crippen LogP contribution in [0.15, 0.2) is 12.1 Å². The summed E-state index contributed by atoms with van der Waals surface area (Å²) in [5.41, 5.74) is 0. The highest BCUT2D eigenvalue weighted by Gasteiger charge is 2.28. The summed E-state index contributed by atoms with van der Waals surface area (Å²) < 4.78 is 35.3. The van der Waals surface area contributed by atoms with E-state index in [0.717, 1.165) is 12.1 Å². The van der Waals surface area contributed by atoms with Crippen molar-refractivity contribution >= 4 is 5.97 Å². The summed E-state index contributed by atoms with van der Waals surface area (Å²) >= 11 is 0. The van der Waals surface area contributed by atoms with E-state index in [1.165, 1.54) is 0 Å². The molecule has 6 heteroatoms. The molecule has 0 fully saturated rings. The van der Waals surface area contributed by atoms with Gasteiger partial charge in [-0.05, 0) is 0 Å². The molecule has 0 spiro atoms. The van der Waals surface area contributed by atoms with Crippen LogP contribution in [0.3, 0.4) is 0 Å². The van der Waals surface area contributed by atoms with Gasteiger partial charge in [-0.15, -0.1) is 0 Å². The summed E-state index contributed by atoms with van der Waals surface area (Å²) in [6, 6.07) is 1.59. The molecule has 0 aliphatic carbocycles. The maximum absolute atomic E-state index is 12.8. The van der Waals surface area contributed by atoms with Crippen molar-refractivity contribution in [3.8, 4) is 11.5 Å². The van der Waals surface area contributed by atoms with Gasteiger partial charge < -0.3 is 14.6 Å². The lowest BCUT2D eigenvalue weighted by atomic mass is 10.2. The average Bonchev–Trinajstić information content (AvgIpc) is 2.19. The van der Waals surface area contributed by atoms with Gasteiger partial charge in [0.1, 0.15) is 6.61 Å². The molecule has 1 unspecified atom stereocenters. The number of benzene rings is 1. The lowest BCUT2D eigenvalue weighted by Gasteiger charge is -2.23. The molecule has 15 heavy (non-hydrogen) atoms. The van der Waals surface area contributed by atoms with E-state index < -0.39 is 23.7 Å². The molecule has 2 rings (SSSR count). The average molecular weight is 216 g/mol. The van der Waals surface area contributed by atoms with Gasteiger partial charge in [-0.2, -0.15) is 0 Å². The zero-order valence-electron chi connectivity index (χ0n) is 7.37. The quantitative estimate of drug-likeness (QED) is 0.766. The van der Waals surface area contributed by atoms with Crippen molar-refractivity contribution in [1.82, 2.24) is 0 Å². The largest absolute Gasteiger partial charge is 0.485 e. The first-order valence-corrected chi connectivity index (χ1v) is 4.09. The number of hydrogen-bond donors (Lipinski definition) is 1. The van der Waals surface area contributed by atoms with E-state index in [9.17, 15) is 13.6 Å². The van der Waals surface area contributed by atoms with E-state index in [-0.39, 0.29) is 18.1 Å². The third-order valence-corrected chi connectivity index (χ3v) is 1.92. The predicted octanol–water partition coefficient (Wildman–Crippen LogP) is 1.19. The summed E-state index contributed by atoms with van der Waals surface area (Å²) in [6.07, 6.45) is -1.19. The van der Waals surface area contributed by atoms with Crippen molar-refractivity contribution in [1.29, 1.82) is 0 Å². The fraction of sp³-hybridized carbons (Fsp3) is 0.222. The zero-order valence-corrected chi connectivity index (χ0v) is 7.37. The highest BCUT2D eigenvalue weighted by Crippen LogP contribution is 2.33. The van der Waals surface area contributed by atoms with Crippen LogP contribution in [0.1, 0.15) is 0 Å². The topological polar surface area (TPSA) is 55.8 Å². The summed E-state index contributed by atoms with van der Waals surface area (Å²) in [6.45, 7) is -0.229. The Labute approximate surface area is 83.0 Å². The molecule has 0 radical (unpaired) electrons. The van der Waals surface area contributed by atoms with Crippen LogP contribution < -0.4 is 9.47 Å². The first-order valence-electron chi connectivity index (χ1n) is 4.09. The van der Waals surface area contributed by atoms with Gasteiger partial charge in [-0.1, -0.05) is 0 Å². The lowest BCUT2D eigenvalue weighted by molar-refractivity contribution is -0.147. The van der Waals surface area contributed by atoms with Crippen molar-refractivity contribution in [2.24, 2.45) is 0 Å². The van der Waals surface area contributed by atoms with Crippen LogP contribution in [0.25, 0.3) is 0 Å². The molecular formula is C9H6F2O4. The molecule has 1 heterocycles. The van der Waals surface area contributed by atoms with Gasteiger partial charge in [0, 0.05) is 12.1 Å². The zero-order chi connectivity index (χ0) is 11.0. The Hall–Kier alpha value is -1.85. The molecule has 0 saturated heterocycles. The lowest BCUT2D eigenvalue weighted by Crippen LogP contribution is -2.36. The Kier molecular flexibility index (Phi) is 2.18. The second kappa shape index (κ2) is 3.38. The molecule has 1 atom stereocenters. The van der Waals surface area contributed by atoms with E-state index >= 15 is 0 Å². The fourth-order valence-electron chi connectivity index (χ4n) is 1.19.